The molecule has 1 nitrogen and oxygen atoms in total. The second kappa shape index (κ2) is 11.2. The summed E-state index contributed by atoms with van der Waals surface area (Å²) in [4.78, 5) is 5.25. The molecule has 0 fully saturated rings. The molecule has 198 valence electrons. The van der Waals surface area contributed by atoms with E-state index in [0.29, 0.717) is 5.02 Å². The van der Waals surface area contributed by atoms with E-state index in [4.69, 9.17) is 19.7 Å². The zero-order valence-electron chi connectivity index (χ0n) is 22.9. The molecule has 1 aliphatic rings. The average Bonchev–Trinajstić information content (AvgIpc) is 3.02. The van der Waals surface area contributed by atoms with Crippen LogP contribution in [-0.4, -0.2) is 4.82 Å². The van der Waals surface area contributed by atoms with Gasteiger partial charge in [-0.2, -0.15) is 0 Å². The van der Waals surface area contributed by atoms with E-state index < -0.39 is 15.2 Å². The molecule has 0 radical (unpaired) electrons. The van der Waals surface area contributed by atoms with Gasteiger partial charge in [-0.25, -0.2) is 0 Å². The van der Waals surface area contributed by atoms with E-state index in [1.807, 2.05) is 12.1 Å². The molecule has 0 saturated carbocycles. The molecule has 1 unspecified atom stereocenters. The van der Waals surface area contributed by atoms with Gasteiger partial charge in [-0.05, 0) is 0 Å². The van der Waals surface area contributed by atoms with Crippen molar-refractivity contribution in [1.82, 2.24) is 0 Å². The fourth-order valence-electron chi connectivity index (χ4n) is 5.77. The normalized spacial score (nSPS) is 16.3. The Kier molecular flexibility index (Phi) is 9.61. The number of allylic oxidation sites excluding steroid dienone is 4. The molecule has 0 aromatic heterocycles. The fraction of sp³-hybridized carbons (Fsp3) is 0.281. The molecule has 1 atom stereocenters. The van der Waals surface area contributed by atoms with Gasteiger partial charge >= 0.3 is 218 Å². The Morgan fingerprint density at radius 1 is 0.784 bits per heavy atom. The van der Waals surface area contributed by atoms with Gasteiger partial charge in [0.15, 0.2) is 0 Å². The Hall–Kier alpha value is -1.61. The van der Waals surface area contributed by atoms with Crippen molar-refractivity contribution in [1.29, 1.82) is 0 Å². The predicted molar refractivity (Wildman–Crippen MR) is 165 cm³/mol. The summed E-state index contributed by atoms with van der Waals surface area (Å²) in [5, 5.41) is 0.685. The van der Waals surface area contributed by atoms with Crippen LogP contribution < -0.4 is 11.1 Å². The molecular weight excluding hydrogens is 555 g/mol. The standard InChI is InChI=1S/C10H13ClO.C9H13.2C6H5.CH2.2ClH.Ti/c1-10(2,3)7-4-8(11)6-9(12)5-7;1-6-5-7(2)9(4)8(6)3;2*1-2-4-6-5-3-1;;;;/h4-6,12H,1-3H3;6H,1-4H3;2*1-5H;1H2;2*1H;/q;;;;;;;+1/p-1. The van der Waals surface area contributed by atoms with Crippen LogP contribution in [-0.2, 0) is 20.6 Å². The van der Waals surface area contributed by atoms with Gasteiger partial charge in [0, 0.05) is 0 Å². The van der Waals surface area contributed by atoms with Crippen molar-refractivity contribution >= 4 is 49.0 Å². The van der Waals surface area contributed by atoms with Crippen LogP contribution in [0, 0.1) is 5.92 Å². The van der Waals surface area contributed by atoms with E-state index in [-0.39, 0.29) is 36.1 Å². The van der Waals surface area contributed by atoms with E-state index in [1.54, 1.807) is 0 Å². The number of benzene rings is 3. The van der Waals surface area contributed by atoms with Gasteiger partial charge in [0.25, 0.3) is 0 Å². The molecule has 5 heteroatoms. The van der Waals surface area contributed by atoms with Gasteiger partial charge in [-0.15, -0.1) is 24.8 Å². The first-order valence-electron chi connectivity index (χ1n) is 12.4. The van der Waals surface area contributed by atoms with Crippen LogP contribution in [0.5, 0.6) is 5.75 Å². The summed E-state index contributed by atoms with van der Waals surface area (Å²) in [6, 6.07) is 27.6. The number of hydrogen-bond acceptors (Lipinski definition) is 1. The van der Waals surface area contributed by atoms with Gasteiger partial charge in [-0.1, -0.05) is 0 Å². The third-order valence-electron chi connectivity index (χ3n) is 8.06. The number of hydrogen-bond donors (Lipinski definition) is 0. The summed E-state index contributed by atoms with van der Waals surface area (Å²) in [5.74, 6) is 1.03. The Bertz CT molecular complexity index is 1350. The quantitative estimate of drug-likeness (QED) is 0.269. The molecule has 0 bridgehead atoms. The summed E-state index contributed by atoms with van der Waals surface area (Å²) in [6.45, 7) is 15.7. The van der Waals surface area contributed by atoms with E-state index in [1.165, 1.54) is 28.3 Å². The van der Waals surface area contributed by atoms with Crippen molar-refractivity contribution in [3.05, 3.63) is 110 Å². The SMILES string of the molecule is Cl.Cl.[CH2]=[Ti]([O]c1cc(Cl)cc(C(C)(C)C)c1)([C]1=C(C)C(C)=C(C)C1C)([c]1ccccc1)[c]1ccccc1. The molecule has 0 aliphatic heterocycles. The third-order valence-corrected chi connectivity index (χ3v) is 17.2. The van der Waals surface area contributed by atoms with Crippen molar-refractivity contribution in [3.63, 3.8) is 0 Å². The zero-order valence-corrected chi connectivity index (χ0v) is 26.8. The van der Waals surface area contributed by atoms with Gasteiger partial charge in [0.1, 0.15) is 0 Å². The Labute approximate surface area is 241 Å². The van der Waals surface area contributed by atoms with Gasteiger partial charge in [0.2, 0.25) is 0 Å². The van der Waals surface area contributed by atoms with Crippen molar-refractivity contribution in [2.75, 3.05) is 0 Å². The summed E-state index contributed by atoms with van der Waals surface area (Å²) in [6.07, 6.45) is 0. The second-order valence-corrected chi connectivity index (χ2v) is 18.8. The topological polar surface area (TPSA) is 9.23 Å². The molecule has 1 aliphatic carbocycles. The molecule has 0 amide bonds. The van der Waals surface area contributed by atoms with Crippen molar-refractivity contribution in [2.24, 2.45) is 5.92 Å². The van der Waals surface area contributed by atoms with Gasteiger partial charge < -0.3 is 0 Å². The van der Waals surface area contributed by atoms with Gasteiger partial charge in [-0.3, -0.25) is 0 Å². The predicted octanol–water partition coefficient (Wildman–Crippen LogP) is 8.81. The van der Waals surface area contributed by atoms with Crippen LogP contribution in [0.3, 0.4) is 0 Å². The first-order valence-corrected chi connectivity index (χ1v) is 16.9. The molecular formula is C32H39Cl3OTi. The summed E-state index contributed by atoms with van der Waals surface area (Å²) < 4.78 is 11.2. The molecule has 4 rings (SSSR count). The first-order chi connectivity index (χ1) is 16.4. The molecule has 0 heterocycles. The average molecular weight is 594 g/mol. The Morgan fingerprint density at radius 2 is 1.27 bits per heavy atom. The fourth-order valence-corrected chi connectivity index (χ4v) is 15.1. The van der Waals surface area contributed by atoms with Crippen molar-refractivity contribution in [3.8, 4) is 5.75 Å². The Morgan fingerprint density at radius 3 is 1.68 bits per heavy atom. The maximum atomic E-state index is 7.51. The van der Waals surface area contributed by atoms with E-state index >= 15 is 0 Å². The molecule has 3 aromatic carbocycles. The number of halogens is 3. The first kappa shape index (κ1) is 31.6. The van der Waals surface area contributed by atoms with Gasteiger partial charge in [0.05, 0.1) is 0 Å². The van der Waals surface area contributed by atoms with Crippen LogP contribution in [0.25, 0.3) is 0 Å². The van der Waals surface area contributed by atoms with E-state index in [2.05, 4.69) is 115 Å². The Balaban J connectivity index is 0.00000241. The summed E-state index contributed by atoms with van der Waals surface area (Å²) >= 11 is 2.03. The molecule has 3 aromatic rings. The second-order valence-electron chi connectivity index (χ2n) is 11.2. The minimum atomic E-state index is -4.66. The number of rotatable bonds is 5. The maximum absolute atomic E-state index is 7.51. The van der Waals surface area contributed by atoms with Crippen LogP contribution in [0.2, 0.25) is 5.02 Å². The molecule has 0 spiro atoms. The minimum absolute atomic E-state index is 0. The van der Waals surface area contributed by atoms with Crippen LogP contribution in [0.1, 0.15) is 54.0 Å². The van der Waals surface area contributed by atoms with E-state index in [9.17, 15) is 0 Å². The van der Waals surface area contributed by atoms with Crippen molar-refractivity contribution < 1.29 is 18.5 Å². The van der Waals surface area contributed by atoms with Crippen molar-refractivity contribution in [2.45, 2.75) is 53.9 Å². The monoisotopic (exact) mass is 592 g/mol. The molecule has 0 N–H and O–H groups in total. The zero-order chi connectivity index (χ0) is 25.6. The van der Waals surface area contributed by atoms with Crippen LogP contribution >= 0.6 is 36.4 Å². The molecule has 0 saturated heterocycles. The van der Waals surface area contributed by atoms with Crippen LogP contribution in [0.4, 0.5) is 0 Å². The molecule has 37 heavy (non-hydrogen) atoms. The van der Waals surface area contributed by atoms with E-state index in [0.717, 1.165) is 11.3 Å². The summed E-state index contributed by atoms with van der Waals surface area (Å²) in [7, 11) is 0. The van der Waals surface area contributed by atoms with Crippen LogP contribution in [0.15, 0.2) is 99.5 Å². The third kappa shape index (κ3) is 5.32. The summed E-state index contributed by atoms with van der Waals surface area (Å²) in [5.41, 5.74) is 5.15.